The van der Waals surface area contributed by atoms with Crippen LogP contribution >= 0.6 is 0 Å². The molecule has 4 aliphatic heterocycles. The second kappa shape index (κ2) is 9.75. The Morgan fingerprint density at radius 1 is 0.833 bits per heavy atom. The van der Waals surface area contributed by atoms with Crippen LogP contribution in [0.25, 0.3) is 0 Å². The summed E-state index contributed by atoms with van der Waals surface area (Å²) in [6, 6.07) is 0. The summed E-state index contributed by atoms with van der Waals surface area (Å²) in [4.78, 5) is 12.9. The Hall–Kier alpha value is -0.890. The monoisotopic (exact) mass is 676 g/mol. The Morgan fingerprint density at radius 2 is 1.56 bits per heavy atom. The van der Waals surface area contributed by atoms with Gasteiger partial charge in [-0.1, -0.05) is 34.6 Å². The summed E-state index contributed by atoms with van der Waals surface area (Å²) in [5.41, 5.74) is -1.23. The fraction of sp³-hybridized carbons (Fsp3) is 0.973. The summed E-state index contributed by atoms with van der Waals surface area (Å²) in [6.45, 7) is 15.1. The number of ether oxygens (including phenoxy) is 6. The Morgan fingerprint density at radius 3 is 2.23 bits per heavy atom. The van der Waals surface area contributed by atoms with Crippen LogP contribution in [-0.2, 0) is 33.2 Å². The maximum absolute atomic E-state index is 12.9. The lowest BCUT2D eigenvalue weighted by Gasteiger charge is -2.65. The predicted molar refractivity (Wildman–Crippen MR) is 168 cm³/mol. The van der Waals surface area contributed by atoms with Crippen LogP contribution in [0.5, 0.6) is 0 Å². The van der Waals surface area contributed by atoms with Gasteiger partial charge in [0.2, 0.25) is 5.79 Å². The maximum atomic E-state index is 12.9. The molecule has 4 heterocycles. The van der Waals surface area contributed by atoms with Gasteiger partial charge in [0.25, 0.3) is 0 Å². The number of fused-ring (bicyclic) bond motifs is 6. The molecule has 4 N–H and O–H groups in total. The van der Waals surface area contributed by atoms with Crippen molar-refractivity contribution in [2.75, 3.05) is 6.61 Å². The largest absolute Gasteiger partial charge is 0.462 e. The van der Waals surface area contributed by atoms with E-state index in [0.29, 0.717) is 18.3 Å². The molecule has 0 radical (unpaired) electrons. The minimum absolute atomic E-state index is 0.0420. The van der Waals surface area contributed by atoms with Gasteiger partial charge in [0, 0.05) is 18.8 Å². The van der Waals surface area contributed by atoms with Gasteiger partial charge in [0.1, 0.15) is 36.1 Å². The molecule has 11 heteroatoms. The predicted octanol–water partition coefficient (Wildman–Crippen LogP) is 3.03. The number of carbonyl (C=O) groups is 1. The van der Waals surface area contributed by atoms with Crippen LogP contribution in [0.4, 0.5) is 0 Å². The SMILES string of the molecule is CC(=O)O[C@@H]1C[C@@]23C[C@@]24CC[C@H](O[C@@H]2OC[C@@H](O)[C@H](O)[C@H]2O)C(C)(C)C4CCC3[C@]2(C)C[C@@H]3OC4(C[C@@H](C)[C@@H]3[C@@]12C)O[C@H](O)[C@]1(C)O[C@H]41. The van der Waals surface area contributed by atoms with Crippen LogP contribution in [0.1, 0.15) is 99.8 Å². The molecule has 4 saturated heterocycles. The normalized spacial score (nSPS) is 63.3. The molecule has 11 nitrogen and oxygen atoms in total. The van der Waals surface area contributed by atoms with Crippen molar-refractivity contribution in [1.82, 2.24) is 0 Å². The number of aliphatic hydroxyl groups is 4. The smallest absolute Gasteiger partial charge is 0.302 e. The molecule has 48 heavy (non-hydrogen) atoms. The molecule has 0 aromatic rings. The van der Waals surface area contributed by atoms with Crippen LogP contribution in [0.2, 0.25) is 0 Å². The number of carbonyl (C=O) groups excluding carboxylic acids is 1. The van der Waals surface area contributed by atoms with Crippen molar-refractivity contribution in [3.8, 4) is 0 Å². The molecule has 270 valence electrons. The number of hydrogen-bond donors (Lipinski definition) is 4. The van der Waals surface area contributed by atoms with Gasteiger partial charge in [-0.05, 0) is 97.2 Å². The third-order valence-electron chi connectivity index (χ3n) is 16.8. The van der Waals surface area contributed by atoms with Gasteiger partial charge in [-0.3, -0.25) is 4.79 Å². The van der Waals surface area contributed by atoms with Crippen LogP contribution < -0.4 is 0 Å². The summed E-state index contributed by atoms with van der Waals surface area (Å²) in [5, 5.41) is 41.7. The second-order valence-electron chi connectivity index (χ2n) is 18.9. The van der Waals surface area contributed by atoms with E-state index in [-0.39, 0.29) is 75.9 Å². The Bertz CT molecular complexity index is 1390. The van der Waals surface area contributed by atoms with E-state index >= 15 is 0 Å². The van der Waals surface area contributed by atoms with E-state index in [9.17, 15) is 25.2 Å². The van der Waals surface area contributed by atoms with Crippen molar-refractivity contribution in [3.05, 3.63) is 0 Å². The summed E-state index contributed by atoms with van der Waals surface area (Å²) < 4.78 is 37.9. The lowest BCUT2D eigenvalue weighted by atomic mass is 9.41. The molecule has 0 aromatic heterocycles. The Kier molecular flexibility index (Phi) is 6.70. The van der Waals surface area contributed by atoms with E-state index in [4.69, 9.17) is 28.4 Å². The lowest BCUT2D eigenvalue weighted by molar-refractivity contribution is -0.346. The average Bonchev–Trinajstić information content (AvgIpc) is 3.84. The van der Waals surface area contributed by atoms with E-state index in [1.54, 1.807) is 6.92 Å². The molecular formula is C37H56O11. The fourth-order valence-corrected chi connectivity index (χ4v) is 14.6. The third-order valence-corrected chi connectivity index (χ3v) is 16.8. The first-order valence-electron chi connectivity index (χ1n) is 18.6. The Balaban J connectivity index is 1.03. The first kappa shape index (κ1) is 33.0. The molecule has 9 rings (SSSR count). The highest BCUT2D eigenvalue weighted by molar-refractivity contribution is 5.66. The topological polar surface area (TPSA) is 157 Å². The van der Waals surface area contributed by atoms with Crippen molar-refractivity contribution in [2.45, 2.75) is 167 Å². The molecular weight excluding hydrogens is 620 g/mol. The molecule has 9 fully saturated rings. The highest BCUT2D eigenvalue weighted by atomic mass is 16.8. The maximum Gasteiger partial charge on any atom is 0.302 e. The van der Waals surface area contributed by atoms with E-state index in [0.717, 1.165) is 44.9 Å². The molecule has 19 atom stereocenters. The van der Waals surface area contributed by atoms with Gasteiger partial charge in [0.05, 0.1) is 18.8 Å². The minimum Gasteiger partial charge on any atom is -0.462 e. The van der Waals surface area contributed by atoms with Gasteiger partial charge in [-0.2, -0.15) is 0 Å². The third kappa shape index (κ3) is 3.74. The first-order chi connectivity index (χ1) is 22.4. The van der Waals surface area contributed by atoms with E-state index < -0.39 is 42.3 Å². The molecule has 0 amide bonds. The van der Waals surface area contributed by atoms with Crippen molar-refractivity contribution in [1.29, 1.82) is 0 Å². The van der Waals surface area contributed by atoms with Gasteiger partial charge in [-0.15, -0.1) is 0 Å². The molecule has 5 aliphatic carbocycles. The van der Waals surface area contributed by atoms with Crippen LogP contribution in [0.15, 0.2) is 0 Å². The van der Waals surface area contributed by atoms with Crippen LogP contribution in [0.3, 0.4) is 0 Å². The average molecular weight is 677 g/mol. The van der Waals surface area contributed by atoms with Gasteiger partial charge in [0.15, 0.2) is 12.6 Å². The van der Waals surface area contributed by atoms with E-state index in [2.05, 4.69) is 34.6 Å². The standard InChI is InChI=1S/C37H56O11/c1-17-12-37(29-34(7,47-29)30(42)48-37)46-20-13-32(5)22-9-8-21-31(3,4)23(45-28-27(41)26(40)19(39)15-43-28)10-11-35(21)16-36(22,35)14-24(44-18(2)38)33(32,6)25(17)20/h17,19-30,39-42H,8-16H2,1-7H3/t17-,19-,20+,21?,22?,23+,24-,25+,26+,27-,28+,29+,30+,32+,33-,34-,35-,36+,37?/m1/s1. The Labute approximate surface area is 283 Å². The minimum atomic E-state index is -1.31. The number of hydrogen-bond acceptors (Lipinski definition) is 11. The molecule has 9 aliphatic rings. The van der Waals surface area contributed by atoms with Crippen LogP contribution in [0, 0.1) is 50.7 Å². The summed E-state index contributed by atoms with van der Waals surface area (Å²) >= 11 is 0. The van der Waals surface area contributed by atoms with Crippen molar-refractivity contribution < 1.29 is 53.6 Å². The number of epoxide rings is 1. The second-order valence-corrected chi connectivity index (χ2v) is 18.9. The van der Waals surface area contributed by atoms with E-state index in [1.807, 2.05) is 6.92 Å². The molecule has 3 spiro atoms. The lowest BCUT2D eigenvalue weighted by Crippen LogP contribution is -2.64. The summed E-state index contributed by atoms with van der Waals surface area (Å²) in [5.74, 6) is 0.0295. The summed E-state index contributed by atoms with van der Waals surface area (Å²) in [7, 11) is 0. The zero-order valence-corrected chi connectivity index (χ0v) is 29.5. The fourth-order valence-electron chi connectivity index (χ4n) is 14.6. The first-order valence-corrected chi connectivity index (χ1v) is 18.6. The molecule has 3 unspecified atom stereocenters. The summed E-state index contributed by atoms with van der Waals surface area (Å²) in [6.07, 6.45) is 0.880. The molecule has 5 saturated carbocycles. The number of rotatable bonds is 3. The number of esters is 1. The zero-order chi connectivity index (χ0) is 34.2. The highest BCUT2D eigenvalue weighted by Crippen LogP contribution is 2.89. The molecule has 0 bridgehead atoms. The highest BCUT2D eigenvalue weighted by Gasteiger charge is 2.87. The van der Waals surface area contributed by atoms with Crippen molar-refractivity contribution in [3.63, 3.8) is 0 Å². The van der Waals surface area contributed by atoms with Crippen LogP contribution in [-0.4, -0.2) is 99.7 Å². The quantitative estimate of drug-likeness (QED) is 0.198. The van der Waals surface area contributed by atoms with Gasteiger partial charge in [-0.25, -0.2) is 0 Å². The van der Waals surface area contributed by atoms with Gasteiger partial charge >= 0.3 is 5.97 Å². The van der Waals surface area contributed by atoms with Crippen molar-refractivity contribution in [2.24, 2.45) is 50.7 Å². The zero-order valence-electron chi connectivity index (χ0n) is 29.5. The van der Waals surface area contributed by atoms with E-state index in [1.165, 1.54) is 0 Å². The molecule has 0 aromatic carbocycles. The number of aliphatic hydroxyl groups excluding tert-OH is 4. The van der Waals surface area contributed by atoms with Crippen molar-refractivity contribution >= 4 is 5.97 Å². The van der Waals surface area contributed by atoms with Gasteiger partial charge < -0.3 is 48.8 Å².